The molecular formula is C12H24N2O3S. The van der Waals surface area contributed by atoms with Gasteiger partial charge in [-0.25, -0.2) is 4.79 Å². The molecule has 0 saturated carbocycles. The van der Waals surface area contributed by atoms with Crippen LogP contribution in [0.5, 0.6) is 0 Å². The normalized spacial score (nSPS) is 13.7. The minimum atomic E-state index is -0.884. The number of rotatable bonds is 9. The summed E-state index contributed by atoms with van der Waals surface area (Å²) in [5.74, 6) is -0.884. The van der Waals surface area contributed by atoms with Crippen molar-refractivity contribution in [1.29, 1.82) is 0 Å². The summed E-state index contributed by atoms with van der Waals surface area (Å²) in [7, 11) is 0. The quantitative estimate of drug-likeness (QED) is 0.602. The third kappa shape index (κ3) is 9.15. The van der Waals surface area contributed by atoms with Crippen LogP contribution < -0.4 is 10.6 Å². The van der Waals surface area contributed by atoms with E-state index in [4.69, 9.17) is 5.11 Å². The standard InChI is InChI=1S/C12H24N2O3S/c1-4-5-10(8-11(15)16)14-12(17)13-7-6-9(2)18-3/h9-10H,4-8H2,1-3H3,(H,15,16)(H2,13,14,17). The Morgan fingerprint density at radius 1 is 1.33 bits per heavy atom. The fraction of sp³-hybridized carbons (Fsp3) is 0.833. The molecule has 2 unspecified atom stereocenters. The molecule has 2 atom stereocenters. The molecule has 0 rings (SSSR count). The zero-order valence-corrected chi connectivity index (χ0v) is 12.2. The molecule has 0 spiro atoms. The monoisotopic (exact) mass is 276 g/mol. The highest BCUT2D eigenvalue weighted by atomic mass is 32.2. The van der Waals surface area contributed by atoms with Gasteiger partial charge in [-0.05, 0) is 19.1 Å². The molecule has 2 amide bonds. The molecule has 0 radical (unpaired) electrons. The van der Waals surface area contributed by atoms with Crippen LogP contribution >= 0.6 is 11.8 Å². The molecule has 0 aliphatic heterocycles. The van der Waals surface area contributed by atoms with Gasteiger partial charge >= 0.3 is 12.0 Å². The highest BCUT2D eigenvalue weighted by Gasteiger charge is 2.14. The first-order valence-electron chi connectivity index (χ1n) is 6.28. The van der Waals surface area contributed by atoms with E-state index in [-0.39, 0.29) is 18.5 Å². The van der Waals surface area contributed by atoms with Gasteiger partial charge < -0.3 is 15.7 Å². The lowest BCUT2D eigenvalue weighted by Gasteiger charge is -2.17. The Morgan fingerprint density at radius 2 is 2.00 bits per heavy atom. The van der Waals surface area contributed by atoms with E-state index in [1.807, 2.05) is 13.2 Å². The van der Waals surface area contributed by atoms with Gasteiger partial charge in [0.05, 0.1) is 6.42 Å². The zero-order chi connectivity index (χ0) is 14.0. The number of urea groups is 1. The van der Waals surface area contributed by atoms with Crippen LogP contribution in [0.2, 0.25) is 0 Å². The number of amides is 2. The smallest absolute Gasteiger partial charge is 0.315 e. The average Bonchev–Trinajstić information content (AvgIpc) is 2.28. The Morgan fingerprint density at radius 3 is 2.50 bits per heavy atom. The number of nitrogens with one attached hydrogen (secondary N) is 2. The first-order chi connectivity index (χ1) is 8.49. The molecule has 0 aliphatic carbocycles. The summed E-state index contributed by atoms with van der Waals surface area (Å²) in [6.45, 7) is 4.68. The number of hydrogen-bond acceptors (Lipinski definition) is 3. The van der Waals surface area contributed by atoms with Crippen LogP contribution in [0.1, 0.15) is 39.5 Å². The van der Waals surface area contributed by atoms with Crippen molar-refractivity contribution in [1.82, 2.24) is 10.6 Å². The van der Waals surface area contributed by atoms with Gasteiger partial charge in [0, 0.05) is 17.8 Å². The minimum absolute atomic E-state index is 0.0253. The number of carboxylic acids is 1. The first-order valence-corrected chi connectivity index (χ1v) is 7.57. The third-order valence-electron chi connectivity index (χ3n) is 2.63. The van der Waals surface area contributed by atoms with Gasteiger partial charge in [-0.3, -0.25) is 4.79 Å². The number of hydrogen-bond donors (Lipinski definition) is 3. The van der Waals surface area contributed by atoms with Gasteiger partial charge in [0.25, 0.3) is 0 Å². The fourth-order valence-electron chi connectivity index (χ4n) is 1.53. The number of aliphatic carboxylic acids is 1. The number of carbonyl (C=O) groups is 2. The summed E-state index contributed by atoms with van der Waals surface area (Å²) >= 11 is 1.76. The summed E-state index contributed by atoms with van der Waals surface area (Å²) in [5.41, 5.74) is 0. The summed E-state index contributed by atoms with van der Waals surface area (Å²) in [6.07, 6.45) is 4.45. The lowest BCUT2D eigenvalue weighted by Crippen LogP contribution is -2.43. The second kappa shape index (κ2) is 10.1. The van der Waals surface area contributed by atoms with Crippen LogP contribution in [-0.2, 0) is 4.79 Å². The predicted octanol–water partition coefficient (Wildman–Crippen LogP) is 2.07. The Hall–Kier alpha value is -0.910. The van der Waals surface area contributed by atoms with E-state index >= 15 is 0 Å². The Bertz CT molecular complexity index is 262. The molecule has 0 saturated heterocycles. The maximum absolute atomic E-state index is 11.6. The van der Waals surface area contributed by atoms with E-state index in [1.54, 1.807) is 11.8 Å². The summed E-state index contributed by atoms with van der Waals surface area (Å²) in [5, 5.41) is 14.7. The Balaban J connectivity index is 3.90. The molecule has 0 aromatic carbocycles. The van der Waals surface area contributed by atoms with Crippen molar-refractivity contribution in [3.8, 4) is 0 Å². The number of carboxylic acid groups (broad SMARTS) is 1. The second-order valence-electron chi connectivity index (χ2n) is 4.32. The van der Waals surface area contributed by atoms with Gasteiger partial charge in [-0.15, -0.1) is 0 Å². The van der Waals surface area contributed by atoms with Crippen molar-refractivity contribution in [3.05, 3.63) is 0 Å². The maximum Gasteiger partial charge on any atom is 0.315 e. The molecule has 3 N–H and O–H groups in total. The average molecular weight is 276 g/mol. The number of thioether (sulfide) groups is 1. The van der Waals surface area contributed by atoms with Crippen molar-refractivity contribution in [2.75, 3.05) is 12.8 Å². The summed E-state index contributed by atoms with van der Waals surface area (Å²) in [6, 6.07) is -0.562. The topological polar surface area (TPSA) is 78.4 Å². The van der Waals surface area contributed by atoms with Gasteiger partial charge in [-0.2, -0.15) is 11.8 Å². The van der Waals surface area contributed by atoms with E-state index in [9.17, 15) is 9.59 Å². The fourth-order valence-corrected chi connectivity index (χ4v) is 1.88. The van der Waals surface area contributed by atoms with Gasteiger partial charge in [0.1, 0.15) is 0 Å². The van der Waals surface area contributed by atoms with Crippen molar-refractivity contribution < 1.29 is 14.7 Å². The molecule has 5 nitrogen and oxygen atoms in total. The SMILES string of the molecule is CCCC(CC(=O)O)NC(=O)NCCC(C)SC. The Labute approximate surface area is 113 Å². The van der Waals surface area contributed by atoms with Crippen molar-refractivity contribution in [3.63, 3.8) is 0 Å². The highest BCUT2D eigenvalue weighted by molar-refractivity contribution is 7.99. The molecule has 0 fully saturated rings. The van der Waals surface area contributed by atoms with Gasteiger partial charge in [0.2, 0.25) is 0 Å². The van der Waals surface area contributed by atoms with Crippen LogP contribution in [0.4, 0.5) is 4.79 Å². The van der Waals surface area contributed by atoms with Crippen LogP contribution in [0.3, 0.4) is 0 Å². The van der Waals surface area contributed by atoms with E-state index < -0.39 is 5.97 Å². The molecule has 0 heterocycles. The molecule has 18 heavy (non-hydrogen) atoms. The van der Waals surface area contributed by atoms with Crippen LogP contribution in [-0.4, -0.2) is 41.2 Å². The Kier molecular flexibility index (Phi) is 9.55. The lowest BCUT2D eigenvalue weighted by molar-refractivity contribution is -0.137. The van der Waals surface area contributed by atoms with Crippen LogP contribution in [0, 0.1) is 0 Å². The van der Waals surface area contributed by atoms with Crippen LogP contribution in [0.25, 0.3) is 0 Å². The lowest BCUT2D eigenvalue weighted by atomic mass is 10.1. The van der Waals surface area contributed by atoms with Gasteiger partial charge in [-0.1, -0.05) is 20.3 Å². The largest absolute Gasteiger partial charge is 0.481 e. The highest BCUT2D eigenvalue weighted by Crippen LogP contribution is 2.08. The van der Waals surface area contributed by atoms with E-state index in [1.165, 1.54) is 0 Å². The molecule has 0 aliphatic rings. The molecule has 106 valence electrons. The van der Waals surface area contributed by atoms with Crippen molar-refractivity contribution in [2.45, 2.75) is 50.8 Å². The maximum atomic E-state index is 11.6. The molecule has 0 aromatic heterocycles. The summed E-state index contributed by atoms with van der Waals surface area (Å²) < 4.78 is 0. The minimum Gasteiger partial charge on any atom is -0.481 e. The van der Waals surface area contributed by atoms with Crippen molar-refractivity contribution in [2.24, 2.45) is 0 Å². The first kappa shape index (κ1) is 17.1. The predicted molar refractivity (Wildman–Crippen MR) is 75.1 cm³/mol. The second-order valence-corrected chi connectivity index (χ2v) is 5.59. The molecule has 6 heteroatoms. The number of carbonyl (C=O) groups excluding carboxylic acids is 1. The molecule has 0 aromatic rings. The molecule has 0 bridgehead atoms. The van der Waals surface area contributed by atoms with Crippen molar-refractivity contribution >= 4 is 23.8 Å². The zero-order valence-electron chi connectivity index (χ0n) is 11.4. The van der Waals surface area contributed by atoms with Crippen LogP contribution in [0.15, 0.2) is 0 Å². The van der Waals surface area contributed by atoms with Gasteiger partial charge in [0.15, 0.2) is 0 Å². The van der Waals surface area contributed by atoms with E-state index in [0.717, 1.165) is 12.8 Å². The van der Waals surface area contributed by atoms with E-state index in [0.29, 0.717) is 18.2 Å². The third-order valence-corrected chi connectivity index (χ3v) is 3.67. The summed E-state index contributed by atoms with van der Waals surface area (Å²) in [4.78, 5) is 22.2. The molecular weight excluding hydrogens is 252 g/mol. The van der Waals surface area contributed by atoms with E-state index in [2.05, 4.69) is 17.6 Å².